The molecule has 1 heterocycles. The molecule has 0 radical (unpaired) electrons. The Hall–Kier alpha value is -1.75. The third-order valence-electron chi connectivity index (χ3n) is 3.74. The molecule has 2 rings (SSSR count). The molecule has 1 N–H and O–H groups in total. The topological polar surface area (TPSA) is 53.0 Å². The third-order valence-corrected chi connectivity index (χ3v) is 3.74. The van der Waals surface area contributed by atoms with Crippen molar-refractivity contribution in [1.29, 1.82) is 0 Å². The molecule has 0 saturated carbocycles. The number of ether oxygens (including phenoxy) is 1. The molecule has 0 amide bonds. The molecule has 0 bridgehead atoms. The van der Waals surface area contributed by atoms with Crippen LogP contribution in [-0.2, 0) is 0 Å². The van der Waals surface area contributed by atoms with Crippen molar-refractivity contribution in [3.05, 3.63) is 23.8 Å². The van der Waals surface area contributed by atoms with Crippen LogP contribution >= 0.6 is 0 Å². The molecule has 1 atom stereocenters. The Morgan fingerprint density at radius 3 is 2.74 bits per heavy atom. The van der Waals surface area contributed by atoms with Crippen LogP contribution in [0, 0.1) is 0 Å². The number of rotatable bonds is 3. The van der Waals surface area contributed by atoms with Crippen molar-refractivity contribution in [2.24, 2.45) is 0 Å². The zero-order chi connectivity index (χ0) is 14.0. The van der Waals surface area contributed by atoms with E-state index in [0.717, 1.165) is 25.3 Å². The van der Waals surface area contributed by atoms with Crippen LogP contribution in [0.25, 0.3) is 0 Å². The van der Waals surface area contributed by atoms with Crippen molar-refractivity contribution in [1.82, 2.24) is 4.90 Å². The molecule has 1 aromatic rings. The predicted molar refractivity (Wildman–Crippen MR) is 74.3 cm³/mol. The smallest absolute Gasteiger partial charge is 0.337 e. The number of carboxylic acid groups (broad SMARTS) is 1. The van der Waals surface area contributed by atoms with Gasteiger partial charge in [-0.1, -0.05) is 0 Å². The number of piperazine rings is 1. The summed E-state index contributed by atoms with van der Waals surface area (Å²) in [5.41, 5.74) is 1.07. The van der Waals surface area contributed by atoms with Gasteiger partial charge in [0.2, 0.25) is 0 Å². The Balaban J connectivity index is 2.34. The maximum atomic E-state index is 11.3. The lowest BCUT2D eigenvalue weighted by Crippen LogP contribution is -2.50. The number of carboxylic acids is 1. The maximum Gasteiger partial charge on any atom is 0.337 e. The molecule has 0 aliphatic carbocycles. The van der Waals surface area contributed by atoms with E-state index in [1.807, 2.05) is 6.07 Å². The lowest BCUT2D eigenvalue weighted by Gasteiger charge is -2.39. The fourth-order valence-electron chi connectivity index (χ4n) is 2.35. The van der Waals surface area contributed by atoms with Crippen LogP contribution in [0.2, 0.25) is 0 Å². The van der Waals surface area contributed by atoms with E-state index in [9.17, 15) is 9.90 Å². The normalized spacial score (nSPS) is 20.4. The fraction of sp³-hybridized carbons (Fsp3) is 0.500. The molecule has 19 heavy (non-hydrogen) atoms. The summed E-state index contributed by atoms with van der Waals surface area (Å²) in [7, 11) is 3.68. The van der Waals surface area contributed by atoms with Crippen LogP contribution in [0.15, 0.2) is 18.2 Å². The molecule has 0 aromatic heterocycles. The number of aromatic carboxylic acids is 1. The van der Waals surface area contributed by atoms with Gasteiger partial charge in [0.1, 0.15) is 5.75 Å². The molecule has 0 spiro atoms. The minimum Gasteiger partial charge on any atom is -0.497 e. The molecule has 5 nitrogen and oxygen atoms in total. The van der Waals surface area contributed by atoms with Crippen LogP contribution < -0.4 is 9.64 Å². The average molecular weight is 264 g/mol. The summed E-state index contributed by atoms with van der Waals surface area (Å²) in [6.07, 6.45) is 0. The largest absolute Gasteiger partial charge is 0.497 e. The van der Waals surface area contributed by atoms with Crippen LogP contribution in [0.4, 0.5) is 5.69 Å². The lowest BCUT2D eigenvalue weighted by atomic mass is 10.1. The van der Waals surface area contributed by atoms with Gasteiger partial charge in [-0.2, -0.15) is 0 Å². The number of likely N-dealkylation sites (N-methyl/N-ethyl adjacent to an activating group) is 1. The second kappa shape index (κ2) is 5.48. The Morgan fingerprint density at radius 1 is 1.42 bits per heavy atom. The predicted octanol–water partition coefficient (Wildman–Crippen LogP) is 1.53. The first-order valence-corrected chi connectivity index (χ1v) is 6.39. The van der Waals surface area contributed by atoms with E-state index < -0.39 is 5.97 Å². The van der Waals surface area contributed by atoms with Gasteiger partial charge >= 0.3 is 5.97 Å². The molecule has 1 aliphatic heterocycles. The molecule has 1 aromatic carbocycles. The molecular weight excluding hydrogens is 244 g/mol. The van der Waals surface area contributed by atoms with Crippen LogP contribution in [-0.4, -0.2) is 55.8 Å². The highest BCUT2D eigenvalue weighted by Gasteiger charge is 2.24. The number of anilines is 1. The zero-order valence-corrected chi connectivity index (χ0v) is 11.6. The number of hydrogen-bond donors (Lipinski definition) is 1. The highest BCUT2D eigenvalue weighted by Crippen LogP contribution is 2.28. The zero-order valence-electron chi connectivity index (χ0n) is 11.6. The molecular formula is C14H20N2O3. The first kappa shape index (κ1) is 13.7. The molecule has 5 heteroatoms. The lowest BCUT2D eigenvalue weighted by molar-refractivity contribution is 0.0697. The van der Waals surface area contributed by atoms with Crippen LogP contribution in [0.5, 0.6) is 5.75 Å². The highest BCUT2D eigenvalue weighted by molar-refractivity contribution is 5.95. The van der Waals surface area contributed by atoms with E-state index in [1.165, 1.54) is 0 Å². The van der Waals surface area contributed by atoms with Gasteiger partial charge < -0.3 is 19.6 Å². The molecule has 1 aliphatic rings. The van der Waals surface area contributed by atoms with Gasteiger partial charge in [-0.15, -0.1) is 0 Å². The number of benzene rings is 1. The van der Waals surface area contributed by atoms with Crippen molar-refractivity contribution >= 4 is 11.7 Å². The van der Waals surface area contributed by atoms with Gasteiger partial charge in [0.15, 0.2) is 0 Å². The standard InChI is InChI=1S/C14H20N2O3/c1-10-9-16(7-6-15(10)2)13-8-11(19-3)4-5-12(13)14(17)18/h4-5,8,10H,6-7,9H2,1-3H3,(H,17,18). The SMILES string of the molecule is COc1ccc(C(=O)O)c(N2CCN(C)C(C)C2)c1. The van der Waals surface area contributed by atoms with Gasteiger partial charge in [0.25, 0.3) is 0 Å². The van der Waals surface area contributed by atoms with Gasteiger partial charge in [-0.25, -0.2) is 4.79 Å². The maximum absolute atomic E-state index is 11.3. The van der Waals surface area contributed by atoms with Crippen LogP contribution in [0.1, 0.15) is 17.3 Å². The fourth-order valence-corrected chi connectivity index (χ4v) is 2.35. The number of hydrogen-bond acceptors (Lipinski definition) is 4. The summed E-state index contributed by atoms with van der Waals surface area (Å²) in [4.78, 5) is 15.7. The second-order valence-corrected chi connectivity index (χ2v) is 4.96. The highest BCUT2D eigenvalue weighted by atomic mass is 16.5. The van der Waals surface area contributed by atoms with Crippen molar-refractivity contribution in [3.63, 3.8) is 0 Å². The van der Waals surface area contributed by atoms with Crippen molar-refractivity contribution < 1.29 is 14.6 Å². The first-order chi connectivity index (χ1) is 9.02. The van der Waals surface area contributed by atoms with Crippen LogP contribution in [0.3, 0.4) is 0 Å². The molecule has 1 saturated heterocycles. The summed E-state index contributed by atoms with van der Waals surface area (Å²) in [5, 5.41) is 9.30. The number of nitrogens with zero attached hydrogens (tertiary/aromatic N) is 2. The minimum absolute atomic E-state index is 0.331. The Kier molecular flexibility index (Phi) is 3.95. The van der Waals surface area contributed by atoms with E-state index in [-0.39, 0.29) is 0 Å². The van der Waals surface area contributed by atoms with Crippen molar-refractivity contribution in [2.75, 3.05) is 38.7 Å². The van der Waals surface area contributed by atoms with Gasteiger partial charge in [0, 0.05) is 31.7 Å². The van der Waals surface area contributed by atoms with E-state index in [4.69, 9.17) is 4.74 Å². The van der Waals surface area contributed by atoms with Gasteiger partial charge in [-0.05, 0) is 26.1 Å². The Morgan fingerprint density at radius 2 is 2.16 bits per heavy atom. The Bertz CT molecular complexity index is 476. The van der Waals surface area contributed by atoms with Gasteiger partial charge in [-0.3, -0.25) is 0 Å². The van der Waals surface area contributed by atoms with Crippen molar-refractivity contribution in [3.8, 4) is 5.75 Å². The van der Waals surface area contributed by atoms with E-state index >= 15 is 0 Å². The molecule has 1 unspecified atom stereocenters. The van der Waals surface area contributed by atoms with E-state index in [1.54, 1.807) is 19.2 Å². The third kappa shape index (κ3) is 2.81. The summed E-state index contributed by atoms with van der Waals surface area (Å²) in [5.74, 6) is -0.212. The average Bonchev–Trinajstić information content (AvgIpc) is 2.41. The van der Waals surface area contributed by atoms with Crippen molar-refractivity contribution in [2.45, 2.75) is 13.0 Å². The first-order valence-electron chi connectivity index (χ1n) is 6.39. The molecule has 1 fully saturated rings. The number of carbonyl (C=O) groups is 1. The van der Waals surface area contributed by atoms with Gasteiger partial charge in [0.05, 0.1) is 18.4 Å². The second-order valence-electron chi connectivity index (χ2n) is 4.96. The van der Waals surface area contributed by atoms with E-state index in [2.05, 4.69) is 23.8 Å². The monoisotopic (exact) mass is 264 g/mol. The summed E-state index contributed by atoms with van der Waals surface area (Å²) in [6, 6.07) is 5.51. The number of methoxy groups -OCH3 is 1. The molecule has 104 valence electrons. The quantitative estimate of drug-likeness (QED) is 0.897. The Labute approximate surface area is 113 Å². The van der Waals surface area contributed by atoms with E-state index in [0.29, 0.717) is 17.4 Å². The minimum atomic E-state index is -0.899. The summed E-state index contributed by atoms with van der Waals surface area (Å²) < 4.78 is 5.20. The summed E-state index contributed by atoms with van der Waals surface area (Å²) >= 11 is 0. The summed E-state index contributed by atoms with van der Waals surface area (Å²) in [6.45, 7) is 4.72.